The normalized spacial score (nSPS) is 15.1. The number of rotatable bonds is 7. The van der Waals surface area contributed by atoms with Crippen molar-refractivity contribution in [3.63, 3.8) is 0 Å². The summed E-state index contributed by atoms with van der Waals surface area (Å²) in [5.74, 6) is -0.0313. The zero-order valence-electron chi connectivity index (χ0n) is 16.8. The van der Waals surface area contributed by atoms with Gasteiger partial charge in [0, 0.05) is 0 Å². The summed E-state index contributed by atoms with van der Waals surface area (Å²) in [7, 11) is 0. The molecule has 0 aliphatic heterocycles. The molecule has 1 aliphatic rings. The molecule has 1 atom stereocenters. The van der Waals surface area contributed by atoms with Crippen LogP contribution in [0.2, 0.25) is 0 Å². The number of nitrogens with zero attached hydrogens (tertiary/aromatic N) is 4. The molecule has 10 heteroatoms. The van der Waals surface area contributed by atoms with Gasteiger partial charge in [-0.25, -0.2) is 4.68 Å². The number of thioether (sulfide) groups is 1. The van der Waals surface area contributed by atoms with Gasteiger partial charge in [-0.05, 0) is 61.2 Å². The second-order valence-electron chi connectivity index (χ2n) is 7.13. The van der Waals surface area contributed by atoms with E-state index < -0.39 is 12.0 Å². The van der Waals surface area contributed by atoms with Gasteiger partial charge < -0.3 is 4.74 Å². The van der Waals surface area contributed by atoms with Crippen LogP contribution in [0.1, 0.15) is 49.8 Å². The monoisotopic (exact) mass is 418 g/mol. The molecule has 1 aromatic carbocycles. The largest absolute Gasteiger partial charge is 0.481 e. The molecule has 3 rings (SSSR count). The van der Waals surface area contributed by atoms with E-state index in [1.54, 1.807) is 11.6 Å². The van der Waals surface area contributed by atoms with Crippen molar-refractivity contribution in [1.82, 2.24) is 31.1 Å². The molecule has 0 bridgehead atoms. The number of carbonyl (C=O) groups is 2. The molecule has 2 aromatic rings. The van der Waals surface area contributed by atoms with E-state index in [0.29, 0.717) is 16.9 Å². The summed E-state index contributed by atoms with van der Waals surface area (Å²) in [4.78, 5) is 24.3. The molecular formula is C19H26N6O3S. The highest BCUT2D eigenvalue weighted by molar-refractivity contribution is 7.99. The van der Waals surface area contributed by atoms with Gasteiger partial charge >= 0.3 is 0 Å². The van der Waals surface area contributed by atoms with Crippen molar-refractivity contribution in [3.05, 3.63) is 29.3 Å². The van der Waals surface area contributed by atoms with Crippen LogP contribution < -0.4 is 15.6 Å². The highest BCUT2D eigenvalue weighted by Crippen LogP contribution is 2.31. The minimum absolute atomic E-state index is 0.0968. The summed E-state index contributed by atoms with van der Waals surface area (Å²) in [6, 6.07) is 5.97. The van der Waals surface area contributed by atoms with E-state index in [4.69, 9.17) is 4.74 Å². The summed E-state index contributed by atoms with van der Waals surface area (Å²) in [5, 5.41) is 12.4. The van der Waals surface area contributed by atoms with E-state index in [1.165, 1.54) is 24.6 Å². The Labute approximate surface area is 173 Å². The third-order valence-corrected chi connectivity index (χ3v) is 5.95. The van der Waals surface area contributed by atoms with Gasteiger partial charge in [0.15, 0.2) is 6.10 Å². The number of hydrazine groups is 1. The van der Waals surface area contributed by atoms with Crippen LogP contribution >= 0.6 is 11.8 Å². The molecule has 1 fully saturated rings. The first-order valence-corrected chi connectivity index (χ1v) is 10.7. The number of ether oxygens (including phenoxy) is 1. The van der Waals surface area contributed by atoms with Crippen LogP contribution in [0.4, 0.5) is 0 Å². The number of hydrogen-bond acceptors (Lipinski definition) is 7. The molecule has 156 valence electrons. The maximum atomic E-state index is 12.2. The summed E-state index contributed by atoms with van der Waals surface area (Å²) in [6.45, 7) is 5.55. The lowest BCUT2D eigenvalue weighted by Gasteiger charge is -2.17. The lowest BCUT2D eigenvalue weighted by molar-refractivity contribution is -0.131. The minimum atomic E-state index is -0.752. The molecule has 1 unspecified atom stereocenters. The van der Waals surface area contributed by atoms with Gasteiger partial charge in [-0.3, -0.25) is 20.4 Å². The lowest BCUT2D eigenvalue weighted by Crippen LogP contribution is -2.47. The van der Waals surface area contributed by atoms with Gasteiger partial charge in [0.2, 0.25) is 11.1 Å². The van der Waals surface area contributed by atoms with Gasteiger partial charge in [0.05, 0.1) is 11.8 Å². The standard InChI is InChI=1S/C19H26N6O3S/c1-12-7-6-10-16(13(12)2)28-14(3)18(27)21-20-17(26)11-29-19-22-23-24-25(19)15-8-4-5-9-15/h6-7,10,14-15H,4-5,8-9,11H2,1-3H3,(H,20,26)(H,21,27). The highest BCUT2D eigenvalue weighted by atomic mass is 32.2. The van der Waals surface area contributed by atoms with Crippen molar-refractivity contribution in [2.75, 3.05) is 5.75 Å². The van der Waals surface area contributed by atoms with Crippen molar-refractivity contribution in [1.29, 1.82) is 0 Å². The SMILES string of the molecule is Cc1cccc(OC(C)C(=O)NNC(=O)CSc2nnnn2C2CCCC2)c1C. The third kappa shape index (κ3) is 5.47. The van der Waals surface area contributed by atoms with E-state index in [-0.39, 0.29) is 11.7 Å². The van der Waals surface area contributed by atoms with Crippen LogP contribution in [0.5, 0.6) is 5.75 Å². The number of aromatic nitrogens is 4. The first-order valence-electron chi connectivity index (χ1n) is 9.68. The van der Waals surface area contributed by atoms with Crippen molar-refractivity contribution < 1.29 is 14.3 Å². The van der Waals surface area contributed by atoms with Crippen LogP contribution in [-0.4, -0.2) is 43.9 Å². The Balaban J connectivity index is 1.44. The lowest BCUT2D eigenvalue weighted by atomic mass is 10.1. The number of carbonyl (C=O) groups excluding carboxylic acids is 2. The molecule has 0 saturated heterocycles. The molecule has 29 heavy (non-hydrogen) atoms. The third-order valence-electron chi connectivity index (χ3n) is 5.02. The zero-order chi connectivity index (χ0) is 20.8. The Morgan fingerprint density at radius 2 is 2.03 bits per heavy atom. The molecule has 2 N–H and O–H groups in total. The summed E-state index contributed by atoms with van der Waals surface area (Å²) < 4.78 is 7.51. The first-order chi connectivity index (χ1) is 14.0. The quantitative estimate of drug-likeness (QED) is 0.523. The Kier molecular flexibility index (Phi) is 7.08. The topological polar surface area (TPSA) is 111 Å². The van der Waals surface area contributed by atoms with E-state index in [1.807, 2.05) is 32.0 Å². The fraction of sp³-hybridized carbons (Fsp3) is 0.526. The van der Waals surface area contributed by atoms with Crippen LogP contribution in [-0.2, 0) is 9.59 Å². The Bertz CT molecular complexity index is 865. The molecule has 1 saturated carbocycles. The molecule has 1 aliphatic carbocycles. The maximum Gasteiger partial charge on any atom is 0.279 e. The molecule has 1 aromatic heterocycles. The smallest absolute Gasteiger partial charge is 0.279 e. The van der Waals surface area contributed by atoms with Gasteiger partial charge in [-0.1, -0.05) is 36.7 Å². The fourth-order valence-corrected chi connectivity index (χ4v) is 3.90. The van der Waals surface area contributed by atoms with Gasteiger partial charge in [-0.15, -0.1) is 5.10 Å². The average molecular weight is 419 g/mol. The molecule has 9 nitrogen and oxygen atoms in total. The summed E-state index contributed by atoms with van der Waals surface area (Å²) in [5.41, 5.74) is 6.87. The van der Waals surface area contributed by atoms with Crippen LogP contribution in [0, 0.1) is 13.8 Å². The molecule has 2 amide bonds. The van der Waals surface area contributed by atoms with Crippen LogP contribution in [0.25, 0.3) is 0 Å². The first kappa shape index (κ1) is 21.1. The Hall–Kier alpha value is -2.62. The van der Waals surface area contributed by atoms with Crippen LogP contribution in [0.15, 0.2) is 23.4 Å². The van der Waals surface area contributed by atoms with Crippen molar-refractivity contribution in [3.8, 4) is 5.75 Å². The van der Waals surface area contributed by atoms with Crippen molar-refractivity contribution in [2.45, 2.75) is 63.8 Å². The van der Waals surface area contributed by atoms with E-state index >= 15 is 0 Å². The predicted molar refractivity (Wildman–Crippen MR) is 108 cm³/mol. The number of benzene rings is 1. The highest BCUT2D eigenvalue weighted by Gasteiger charge is 2.22. The molecule has 0 radical (unpaired) electrons. The molecular weight excluding hydrogens is 392 g/mol. The number of hydrogen-bond donors (Lipinski definition) is 2. The second-order valence-corrected chi connectivity index (χ2v) is 8.07. The number of aryl methyl sites for hydroxylation is 1. The summed E-state index contributed by atoms with van der Waals surface area (Å²) >= 11 is 1.25. The Morgan fingerprint density at radius 3 is 2.79 bits per heavy atom. The molecule has 1 heterocycles. The maximum absolute atomic E-state index is 12.2. The van der Waals surface area contributed by atoms with Crippen molar-refractivity contribution >= 4 is 23.6 Å². The van der Waals surface area contributed by atoms with E-state index in [2.05, 4.69) is 26.4 Å². The van der Waals surface area contributed by atoms with Crippen molar-refractivity contribution in [2.24, 2.45) is 0 Å². The number of nitrogens with one attached hydrogen (secondary N) is 2. The minimum Gasteiger partial charge on any atom is -0.481 e. The number of tetrazole rings is 1. The van der Waals surface area contributed by atoms with Crippen LogP contribution in [0.3, 0.4) is 0 Å². The predicted octanol–water partition coefficient (Wildman–Crippen LogP) is 2.11. The fourth-order valence-electron chi connectivity index (χ4n) is 3.15. The number of amides is 2. The molecule has 0 spiro atoms. The summed E-state index contributed by atoms with van der Waals surface area (Å²) in [6.07, 6.45) is 3.70. The van der Waals surface area contributed by atoms with E-state index in [9.17, 15) is 9.59 Å². The van der Waals surface area contributed by atoms with E-state index in [0.717, 1.165) is 24.0 Å². The average Bonchev–Trinajstić information content (AvgIpc) is 3.39. The Morgan fingerprint density at radius 1 is 1.28 bits per heavy atom. The van der Waals surface area contributed by atoms with Gasteiger partial charge in [-0.2, -0.15) is 0 Å². The van der Waals surface area contributed by atoms with Gasteiger partial charge in [0.1, 0.15) is 5.75 Å². The zero-order valence-corrected chi connectivity index (χ0v) is 17.7. The second kappa shape index (κ2) is 9.73. The van der Waals surface area contributed by atoms with Gasteiger partial charge in [0.25, 0.3) is 5.91 Å².